The number of carbonyl (C=O) groups excluding carboxylic acids is 3. The maximum Gasteiger partial charge on any atom is 0.533 e. The number of hydrogen-bond donors (Lipinski definition) is 1. The maximum atomic E-state index is 11.4. The summed E-state index contributed by atoms with van der Waals surface area (Å²) in [6, 6.07) is 0. The number of ether oxygens (including phenoxy) is 2. The Morgan fingerprint density at radius 1 is 1.14 bits per heavy atom. The van der Waals surface area contributed by atoms with Gasteiger partial charge in [0.25, 0.3) is 0 Å². The topological polar surface area (TPSA) is 94.2 Å². The van der Waals surface area contributed by atoms with Gasteiger partial charge in [-0.15, -0.1) is 5.48 Å². The fraction of sp³-hybridized carbons (Fsp3) is 0.769. The van der Waals surface area contributed by atoms with Crippen molar-refractivity contribution in [3.63, 3.8) is 0 Å². The van der Waals surface area contributed by atoms with Gasteiger partial charge < -0.3 is 19.2 Å². The third-order valence-electron chi connectivity index (χ3n) is 2.77. The van der Waals surface area contributed by atoms with E-state index >= 15 is 0 Å². The predicted octanol–water partition coefficient (Wildman–Crippen LogP) is 1.59. The zero-order valence-corrected chi connectivity index (χ0v) is 12.8. The van der Waals surface area contributed by atoms with Crippen LogP contribution in [0.2, 0.25) is 0 Å². The van der Waals surface area contributed by atoms with E-state index in [2.05, 4.69) is 4.84 Å². The molecule has 1 saturated heterocycles. The maximum absolute atomic E-state index is 11.4. The third-order valence-corrected chi connectivity index (χ3v) is 2.77. The van der Waals surface area contributed by atoms with E-state index in [9.17, 15) is 14.4 Å². The molecule has 1 rings (SSSR count). The molecular weight excluding hydrogens is 280 g/mol. The van der Waals surface area contributed by atoms with E-state index in [4.69, 9.17) is 9.47 Å². The first-order valence-corrected chi connectivity index (χ1v) is 6.79. The molecule has 0 spiro atoms. The van der Waals surface area contributed by atoms with Crippen LogP contribution >= 0.6 is 0 Å². The Morgan fingerprint density at radius 3 is 2.19 bits per heavy atom. The normalized spacial score (nSPS) is 16.1. The molecule has 0 aromatic heterocycles. The molecule has 1 fully saturated rings. The van der Waals surface area contributed by atoms with Gasteiger partial charge in [0.05, 0.1) is 0 Å². The highest BCUT2D eigenvalue weighted by atomic mass is 16.8. The fourth-order valence-corrected chi connectivity index (χ4v) is 1.83. The lowest BCUT2D eigenvalue weighted by Crippen LogP contribution is -2.41. The van der Waals surface area contributed by atoms with E-state index in [0.717, 1.165) is 0 Å². The van der Waals surface area contributed by atoms with Crippen molar-refractivity contribution < 1.29 is 28.7 Å². The van der Waals surface area contributed by atoms with Crippen LogP contribution in [0.4, 0.5) is 9.59 Å². The Morgan fingerprint density at radius 2 is 1.71 bits per heavy atom. The zero-order chi connectivity index (χ0) is 16.0. The molecule has 0 aliphatic carbocycles. The largest absolute Gasteiger partial charge is 0.533 e. The Bertz CT molecular complexity index is 396. The predicted molar refractivity (Wildman–Crippen MR) is 72.2 cm³/mol. The molecule has 1 heterocycles. The minimum atomic E-state index is -0.998. The Kier molecular flexibility index (Phi) is 5.80. The van der Waals surface area contributed by atoms with Crippen molar-refractivity contribution in [3.8, 4) is 0 Å². The number of piperidine rings is 1. The van der Waals surface area contributed by atoms with Crippen LogP contribution in [0.1, 0.15) is 40.5 Å². The van der Waals surface area contributed by atoms with Crippen molar-refractivity contribution in [1.29, 1.82) is 0 Å². The molecular formula is C13H22N2O6. The number of hydroxylamine groups is 1. The van der Waals surface area contributed by atoms with Gasteiger partial charge in [0, 0.05) is 32.9 Å². The third kappa shape index (κ3) is 6.82. The monoisotopic (exact) mass is 302 g/mol. The molecule has 0 bridgehead atoms. The van der Waals surface area contributed by atoms with Gasteiger partial charge in [0.1, 0.15) is 11.7 Å². The second kappa shape index (κ2) is 7.14. The van der Waals surface area contributed by atoms with Crippen LogP contribution in [0.25, 0.3) is 0 Å². The lowest BCUT2D eigenvalue weighted by molar-refractivity contribution is -0.131. The molecule has 8 heteroatoms. The SMILES string of the molecule is CC(=O)N1CCC(OC(=O)ONC(=O)OC(C)(C)C)CC1. The standard InChI is InChI=1S/C13H22N2O6/c1-9(16)15-7-5-10(6-8-15)19-12(18)21-14-11(17)20-13(2,3)4/h10H,5-8H2,1-4H3,(H,14,17). The van der Waals surface area contributed by atoms with Crippen LogP contribution in [0.15, 0.2) is 0 Å². The van der Waals surface area contributed by atoms with Gasteiger partial charge in [-0.2, -0.15) is 0 Å². The van der Waals surface area contributed by atoms with E-state index in [1.807, 2.05) is 5.48 Å². The van der Waals surface area contributed by atoms with Crippen LogP contribution < -0.4 is 5.48 Å². The van der Waals surface area contributed by atoms with Crippen LogP contribution in [0.5, 0.6) is 0 Å². The smallest absolute Gasteiger partial charge is 0.442 e. The number of rotatable bonds is 1. The summed E-state index contributed by atoms with van der Waals surface area (Å²) in [5.41, 5.74) is 1.17. The zero-order valence-electron chi connectivity index (χ0n) is 12.8. The van der Waals surface area contributed by atoms with Crippen molar-refractivity contribution in [1.82, 2.24) is 10.4 Å². The van der Waals surface area contributed by atoms with Gasteiger partial charge in [-0.3, -0.25) is 4.79 Å². The Labute approximate surface area is 123 Å². The summed E-state index contributed by atoms with van der Waals surface area (Å²) in [6.45, 7) is 7.63. The van der Waals surface area contributed by atoms with E-state index < -0.39 is 17.8 Å². The average Bonchev–Trinajstić information content (AvgIpc) is 2.35. The first-order chi connectivity index (χ1) is 9.67. The molecule has 2 amide bonds. The molecule has 0 aromatic carbocycles. The number of amides is 2. The van der Waals surface area contributed by atoms with Crippen molar-refractivity contribution >= 4 is 18.2 Å². The molecule has 0 radical (unpaired) electrons. The quantitative estimate of drug-likeness (QED) is 0.584. The first kappa shape index (κ1) is 17.1. The van der Waals surface area contributed by atoms with E-state index in [0.29, 0.717) is 25.9 Å². The molecule has 21 heavy (non-hydrogen) atoms. The highest BCUT2D eigenvalue weighted by Crippen LogP contribution is 2.14. The van der Waals surface area contributed by atoms with Crippen LogP contribution in [0, 0.1) is 0 Å². The molecule has 1 aliphatic rings. The summed E-state index contributed by atoms with van der Waals surface area (Å²) in [4.78, 5) is 40.0. The lowest BCUT2D eigenvalue weighted by atomic mass is 10.1. The van der Waals surface area contributed by atoms with Crippen molar-refractivity contribution in [3.05, 3.63) is 0 Å². The van der Waals surface area contributed by atoms with Gasteiger partial charge >= 0.3 is 12.2 Å². The summed E-state index contributed by atoms with van der Waals surface area (Å²) in [5.74, 6) is 0.00242. The number of nitrogens with one attached hydrogen (secondary N) is 1. The highest BCUT2D eigenvalue weighted by molar-refractivity contribution is 5.73. The summed E-state index contributed by atoms with van der Waals surface area (Å²) in [5, 5.41) is 0. The Balaban J connectivity index is 2.23. The van der Waals surface area contributed by atoms with Gasteiger partial charge in [-0.25, -0.2) is 9.59 Å². The molecule has 0 unspecified atom stereocenters. The first-order valence-electron chi connectivity index (χ1n) is 6.79. The van der Waals surface area contributed by atoms with Crippen LogP contribution in [0.3, 0.4) is 0 Å². The second-order valence-corrected chi connectivity index (χ2v) is 5.78. The van der Waals surface area contributed by atoms with E-state index in [1.54, 1.807) is 25.7 Å². The highest BCUT2D eigenvalue weighted by Gasteiger charge is 2.25. The molecule has 0 atom stereocenters. The molecule has 0 saturated carbocycles. The number of nitrogens with zero attached hydrogens (tertiary/aromatic N) is 1. The van der Waals surface area contributed by atoms with Crippen molar-refractivity contribution in [2.75, 3.05) is 13.1 Å². The van der Waals surface area contributed by atoms with Crippen molar-refractivity contribution in [2.45, 2.75) is 52.2 Å². The number of likely N-dealkylation sites (tertiary alicyclic amines) is 1. The number of carbonyl (C=O) groups is 3. The number of hydrogen-bond acceptors (Lipinski definition) is 6. The summed E-state index contributed by atoms with van der Waals surface area (Å²) >= 11 is 0. The van der Waals surface area contributed by atoms with Crippen LogP contribution in [-0.4, -0.2) is 47.9 Å². The van der Waals surface area contributed by atoms with Gasteiger partial charge in [0.2, 0.25) is 5.91 Å². The molecule has 0 aromatic rings. The molecule has 8 nitrogen and oxygen atoms in total. The summed E-state index contributed by atoms with van der Waals surface area (Å²) < 4.78 is 9.92. The van der Waals surface area contributed by atoms with Gasteiger partial charge in [-0.05, 0) is 20.8 Å². The van der Waals surface area contributed by atoms with Gasteiger partial charge in [0.15, 0.2) is 0 Å². The lowest BCUT2D eigenvalue weighted by Gasteiger charge is -2.30. The van der Waals surface area contributed by atoms with Crippen LogP contribution in [-0.2, 0) is 19.1 Å². The van der Waals surface area contributed by atoms with Crippen molar-refractivity contribution in [2.24, 2.45) is 0 Å². The minimum Gasteiger partial charge on any atom is -0.442 e. The minimum absolute atomic E-state index is 0.00242. The summed E-state index contributed by atoms with van der Waals surface area (Å²) in [6.07, 6.45) is -1.11. The molecule has 1 N–H and O–H groups in total. The Hall–Kier alpha value is -1.99. The molecule has 1 aliphatic heterocycles. The van der Waals surface area contributed by atoms with E-state index in [-0.39, 0.29) is 12.0 Å². The average molecular weight is 302 g/mol. The van der Waals surface area contributed by atoms with E-state index in [1.165, 1.54) is 6.92 Å². The van der Waals surface area contributed by atoms with Gasteiger partial charge in [-0.1, -0.05) is 0 Å². The second-order valence-electron chi connectivity index (χ2n) is 5.78. The molecule has 120 valence electrons. The summed E-state index contributed by atoms with van der Waals surface area (Å²) in [7, 11) is 0. The fourth-order valence-electron chi connectivity index (χ4n) is 1.83.